The maximum absolute atomic E-state index is 10.7. The minimum absolute atomic E-state index is 0.893. The van der Waals surface area contributed by atoms with Crippen LogP contribution in [0.5, 0.6) is 0 Å². The van der Waals surface area contributed by atoms with Crippen LogP contribution in [0.1, 0.15) is 38.5 Å². The molecule has 0 saturated carbocycles. The number of rotatable bonds is 1. The summed E-state index contributed by atoms with van der Waals surface area (Å²) in [5, 5.41) is 0. The standard InChI is InChI=1S/C13H18O/c14-12-13-10-8-6-4-2-1-3-5-7-9-11-13/h2,4-5,7,10,12H,1,3,6,8-9,11H2/b4-2+,7-5+,13-10-. The Kier molecular flexibility index (Phi) is 5.73. The van der Waals surface area contributed by atoms with Crippen molar-refractivity contribution in [2.24, 2.45) is 0 Å². The largest absolute Gasteiger partial charge is 0.298 e. The lowest BCUT2D eigenvalue weighted by atomic mass is 10.1. The summed E-state index contributed by atoms with van der Waals surface area (Å²) in [6, 6.07) is 0. The van der Waals surface area contributed by atoms with Crippen LogP contribution in [0.25, 0.3) is 0 Å². The third kappa shape index (κ3) is 4.80. The lowest BCUT2D eigenvalue weighted by Gasteiger charge is -1.98. The molecule has 0 aliphatic heterocycles. The topological polar surface area (TPSA) is 17.1 Å². The van der Waals surface area contributed by atoms with Crippen LogP contribution in [0.4, 0.5) is 0 Å². The second kappa shape index (κ2) is 7.31. The monoisotopic (exact) mass is 190 g/mol. The number of hydrogen-bond acceptors (Lipinski definition) is 1. The van der Waals surface area contributed by atoms with E-state index in [1.54, 1.807) is 0 Å². The van der Waals surface area contributed by atoms with Crippen LogP contribution >= 0.6 is 0 Å². The summed E-state index contributed by atoms with van der Waals surface area (Å²) in [4.78, 5) is 10.7. The third-order valence-corrected chi connectivity index (χ3v) is 2.32. The first-order valence-electron chi connectivity index (χ1n) is 5.37. The number of carbonyl (C=O) groups excluding carboxylic acids is 1. The molecule has 0 radical (unpaired) electrons. The number of carbonyl (C=O) groups is 1. The van der Waals surface area contributed by atoms with Gasteiger partial charge in [-0.25, -0.2) is 0 Å². The quantitative estimate of drug-likeness (QED) is 0.456. The molecule has 0 aromatic heterocycles. The van der Waals surface area contributed by atoms with Crippen LogP contribution in [0, 0.1) is 0 Å². The van der Waals surface area contributed by atoms with Crippen molar-refractivity contribution in [1.29, 1.82) is 0 Å². The molecule has 14 heavy (non-hydrogen) atoms. The fourth-order valence-corrected chi connectivity index (χ4v) is 1.49. The number of aldehydes is 1. The molecule has 0 aromatic rings. The van der Waals surface area contributed by atoms with E-state index in [1.165, 1.54) is 0 Å². The Balaban J connectivity index is 2.51. The van der Waals surface area contributed by atoms with E-state index < -0.39 is 0 Å². The maximum Gasteiger partial charge on any atom is 0.145 e. The molecule has 0 spiro atoms. The maximum atomic E-state index is 10.7. The highest BCUT2D eigenvalue weighted by molar-refractivity contribution is 5.72. The molecular formula is C13H18O. The van der Waals surface area contributed by atoms with Crippen LogP contribution < -0.4 is 0 Å². The van der Waals surface area contributed by atoms with Gasteiger partial charge in [-0.3, -0.25) is 4.79 Å². The highest BCUT2D eigenvalue weighted by Gasteiger charge is 1.93. The Labute approximate surface area is 86.2 Å². The molecule has 0 amide bonds. The molecule has 1 heteroatoms. The van der Waals surface area contributed by atoms with Gasteiger partial charge in [-0.05, 0) is 44.1 Å². The van der Waals surface area contributed by atoms with Gasteiger partial charge in [0.15, 0.2) is 0 Å². The molecular weight excluding hydrogens is 172 g/mol. The highest BCUT2D eigenvalue weighted by atomic mass is 16.1. The van der Waals surface area contributed by atoms with Gasteiger partial charge < -0.3 is 0 Å². The van der Waals surface area contributed by atoms with Crippen molar-refractivity contribution in [3.05, 3.63) is 36.0 Å². The summed E-state index contributed by atoms with van der Waals surface area (Å²) >= 11 is 0. The van der Waals surface area contributed by atoms with Crippen LogP contribution in [-0.2, 0) is 4.79 Å². The van der Waals surface area contributed by atoms with E-state index >= 15 is 0 Å². The predicted molar refractivity (Wildman–Crippen MR) is 60.1 cm³/mol. The zero-order valence-corrected chi connectivity index (χ0v) is 8.61. The molecule has 1 rings (SSSR count). The third-order valence-electron chi connectivity index (χ3n) is 2.32. The SMILES string of the molecule is O=C/C1=C\CC/C=C/CC/C=C/CC1. The molecule has 0 heterocycles. The molecule has 1 aliphatic carbocycles. The molecule has 0 N–H and O–H groups in total. The van der Waals surface area contributed by atoms with Crippen molar-refractivity contribution in [1.82, 2.24) is 0 Å². The van der Waals surface area contributed by atoms with Crippen molar-refractivity contribution in [3.63, 3.8) is 0 Å². The first-order valence-corrected chi connectivity index (χ1v) is 5.37. The van der Waals surface area contributed by atoms with Gasteiger partial charge in [0.25, 0.3) is 0 Å². The highest BCUT2D eigenvalue weighted by Crippen LogP contribution is 2.08. The minimum atomic E-state index is 0.893. The zero-order chi connectivity index (χ0) is 10.1. The van der Waals surface area contributed by atoms with Crippen molar-refractivity contribution >= 4 is 6.29 Å². The average Bonchev–Trinajstić information content (AvgIpc) is 2.19. The Morgan fingerprint density at radius 1 is 0.857 bits per heavy atom. The van der Waals surface area contributed by atoms with Crippen LogP contribution in [0.2, 0.25) is 0 Å². The number of allylic oxidation sites excluding steroid dienone is 6. The Hall–Kier alpha value is -1.11. The summed E-state index contributed by atoms with van der Waals surface area (Å²) in [7, 11) is 0. The van der Waals surface area contributed by atoms with Crippen molar-refractivity contribution in [3.8, 4) is 0 Å². The molecule has 76 valence electrons. The average molecular weight is 190 g/mol. The van der Waals surface area contributed by atoms with Crippen molar-refractivity contribution in [2.75, 3.05) is 0 Å². The summed E-state index contributed by atoms with van der Waals surface area (Å²) < 4.78 is 0. The van der Waals surface area contributed by atoms with E-state index in [2.05, 4.69) is 30.4 Å². The van der Waals surface area contributed by atoms with E-state index in [9.17, 15) is 4.79 Å². The van der Waals surface area contributed by atoms with Gasteiger partial charge in [-0.2, -0.15) is 0 Å². The normalized spacial score (nSPS) is 27.6. The van der Waals surface area contributed by atoms with Crippen molar-refractivity contribution in [2.45, 2.75) is 38.5 Å². The van der Waals surface area contributed by atoms with Gasteiger partial charge >= 0.3 is 0 Å². The van der Waals surface area contributed by atoms with Gasteiger partial charge in [-0.15, -0.1) is 0 Å². The van der Waals surface area contributed by atoms with Gasteiger partial charge in [0.1, 0.15) is 6.29 Å². The first-order chi connectivity index (χ1) is 6.93. The molecule has 1 aliphatic rings. The van der Waals surface area contributed by atoms with Gasteiger partial charge in [-0.1, -0.05) is 30.4 Å². The molecule has 0 atom stereocenters. The molecule has 0 aromatic carbocycles. The Morgan fingerprint density at radius 2 is 1.43 bits per heavy atom. The fourth-order valence-electron chi connectivity index (χ4n) is 1.49. The minimum Gasteiger partial charge on any atom is -0.298 e. The summed E-state index contributed by atoms with van der Waals surface area (Å²) in [5.74, 6) is 0. The molecule has 1 nitrogen and oxygen atoms in total. The molecule has 0 saturated heterocycles. The smallest absolute Gasteiger partial charge is 0.145 e. The van der Waals surface area contributed by atoms with E-state index in [-0.39, 0.29) is 0 Å². The van der Waals surface area contributed by atoms with Crippen LogP contribution in [0.3, 0.4) is 0 Å². The van der Waals surface area contributed by atoms with Gasteiger partial charge in [0, 0.05) is 0 Å². The fraction of sp³-hybridized carbons (Fsp3) is 0.462. The van der Waals surface area contributed by atoms with Crippen molar-refractivity contribution < 1.29 is 4.79 Å². The predicted octanol–water partition coefficient (Wildman–Crippen LogP) is 3.58. The summed E-state index contributed by atoms with van der Waals surface area (Å²) in [6.07, 6.45) is 18.1. The Morgan fingerprint density at radius 3 is 2.07 bits per heavy atom. The second-order valence-corrected chi connectivity index (χ2v) is 3.53. The second-order valence-electron chi connectivity index (χ2n) is 3.53. The molecule has 0 unspecified atom stereocenters. The van der Waals surface area contributed by atoms with Gasteiger partial charge in [0.05, 0.1) is 0 Å². The summed E-state index contributed by atoms with van der Waals surface area (Å²) in [6.45, 7) is 0. The van der Waals surface area contributed by atoms with Crippen LogP contribution in [-0.4, -0.2) is 6.29 Å². The summed E-state index contributed by atoms with van der Waals surface area (Å²) in [5.41, 5.74) is 0.948. The van der Waals surface area contributed by atoms with E-state index in [1.807, 2.05) is 0 Å². The number of hydrogen-bond donors (Lipinski definition) is 0. The lowest BCUT2D eigenvalue weighted by molar-refractivity contribution is -0.105. The van der Waals surface area contributed by atoms with E-state index in [4.69, 9.17) is 0 Å². The van der Waals surface area contributed by atoms with E-state index in [0.717, 1.165) is 50.4 Å². The van der Waals surface area contributed by atoms with Gasteiger partial charge in [0.2, 0.25) is 0 Å². The molecule has 0 fully saturated rings. The molecule has 0 bridgehead atoms. The van der Waals surface area contributed by atoms with Crippen LogP contribution in [0.15, 0.2) is 36.0 Å². The zero-order valence-electron chi connectivity index (χ0n) is 8.61. The first kappa shape index (κ1) is 11.0. The lowest BCUT2D eigenvalue weighted by Crippen LogP contribution is -1.85. The van der Waals surface area contributed by atoms with E-state index in [0.29, 0.717) is 0 Å². The Bertz CT molecular complexity index is 246.